The van der Waals surface area contributed by atoms with E-state index in [1.165, 1.54) is 11.5 Å². The summed E-state index contributed by atoms with van der Waals surface area (Å²) in [6.45, 7) is 2.75. The van der Waals surface area contributed by atoms with Gasteiger partial charge < -0.3 is 4.42 Å². The van der Waals surface area contributed by atoms with Gasteiger partial charge in [-0.3, -0.25) is 4.90 Å². The molecule has 4 nitrogen and oxygen atoms in total. The first-order chi connectivity index (χ1) is 9.65. The van der Waals surface area contributed by atoms with Crippen LogP contribution in [0.5, 0.6) is 0 Å². The molecular formula is C14H14ClN3OS. The number of furan rings is 1. The molecule has 2 heterocycles. The van der Waals surface area contributed by atoms with E-state index < -0.39 is 0 Å². The highest BCUT2D eigenvalue weighted by molar-refractivity contribution is 7.10. The van der Waals surface area contributed by atoms with E-state index in [1.807, 2.05) is 25.2 Å². The van der Waals surface area contributed by atoms with Crippen molar-refractivity contribution in [3.63, 3.8) is 0 Å². The maximum atomic E-state index is 6.04. The van der Waals surface area contributed by atoms with Crippen molar-refractivity contribution in [3.05, 3.63) is 46.1 Å². The number of benzene rings is 1. The van der Waals surface area contributed by atoms with E-state index in [-0.39, 0.29) is 6.04 Å². The number of halogens is 1. The van der Waals surface area contributed by atoms with E-state index in [0.717, 1.165) is 22.4 Å². The van der Waals surface area contributed by atoms with Crippen LogP contribution in [0, 0.1) is 0 Å². The summed E-state index contributed by atoms with van der Waals surface area (Å²) >= 11 is 7.25. The lowest BCUT2D eigenvalue weighted by molar-refractivity contribution is 0.224. The third-order valence-corrected chi connectivity index (χ3v) is 4.41. The van der Waals surface area contributed by atoms with E-state index in [4.69, 9.17) is 16.0 Å². The van der Waals surface area contributed by atoms with Crippen LogP contribution in [-0.4, -0.2) is 21.5 Å². The van der Waals surface area contributed by atoms with Crippen molar-refractivity contribution in [2.45, 2.75) is 19.5 Å². The van der Waals surface area contributed by atoms with Gasteiger partial charge in [0.15, 0.2) is 0 Å². The molecular weight excluding hydrogens is 294 g/mol. The summed E-state index contributed by atoms with van der Waals surface area (Å²) in [6.07, 6.45) is 0. The van der Waals surface area contributed by atoms with Crippen LogP contribution in [0.4, 0.5) is 0 Å². The molecule has 0 saturated carbocycles. The van der Waals surface area contributed by atoms with Gasteiger partial charge in [0.25, 0.3) is 0 Å². The highest BCUT2D eigenvalue weighted by atomic mass is 35.5. The molecule has 0 amide bonds. The van der Waals surface area contributed by atoms with Crippen molar-refractivity contribution >= 4 is 34.1 Å². The Kier molecular flexibility index (Phi) is 3.74. The third-order valence-electron chi connectivity index (χ3n) is 3.43. The Balaban J connectivity index is 1.80. The van der Waals surface area contributed by atoms with Crippen LogP contribution in [0.15, 0.2) is 34.7 Å². The Morgan fingerprint density at radius 1 is 1.40 bits per heavy atom. The third kappa shape index (κ3) is 2.57. The predicted molar refractivity (Wildman–Crippen MR) is 81.0 cm³/mol. The van der Waals surface area contributed by atoms with Gasteiger partial charge in [-0.05, 0) is 26.1 Å². The van der Waals surface area contributed by atoms with Gasteiger partial charge in [-0.15, -0.1) is 5.10 Å². The fourth-order valence-electron chi connectivity index (χ4n) is 2.09. The number of aromatic nitrogens is 2. The summed E-state index contributed by atoms with van der Waals surface area (Å²) in [6, 6.07) is 10.2. The molecule has 1 aromatic carbocycles. The molecule has 20 heavy (non-hydrogen) atoms. The molecule has 6 heteroatoms. The normalized spacial score (nSPS) is 13.2. The molecule has 0 aliphatic rings. The zero-order chi connectivity index (χ0) is 14.1. The summed E-state index contributed by atoms with van der Waals surface area (Å²) in [7, 11) is 2.02. The van der Waals surface area contributed by atoms with Gasteiger partial charge >= 0.3 is 0 Å². The van der Waals surface area contributed by atoms with Gasteiger partial charge in [0, 0.05) is 23.5 Å². The Labute approximate surface area is 126 Å². The minimum absolute atomic E-state index is 0.139. The minimum atomic E-state index is 0.139. The lowest BCUT2D eigenvalue weighted by Crippen LogP contribution is -2.21. The maximum Gasteiger partial charge on any atom is 0.138 e. The summed E-state index contributed by atoms with van der Waals surface area (Å²) in [4.78, 5) is 2.14. The zero-order valence-electron chi connectivity index (χ0n) is 11.2. The fraction of sp³-hybridized carbons (Fsp3) is 0.286. The molecule has 0 aliphatic carbocycles. The quantitative estimate of drug-likeness (QED) is 0.727. The lowest BCUT2D eigenvalue weighted by Gasteiger charge is -2.21. The first-order valence-electron chi connectivity index (χ1n) is 6.30. The van der Waals surface area contributed by atoms with Gasteiger partial charge in [-0.2, -0.15) is 0 Å². The van der Waals surface area contributed by atoms with Crippen molar-refractivity contribution in [1.29, 1.82) is 0 Å². The molecule has 0 saturated heterocycles. The van der Waals surface area contributed by atoms with Crippen LogP contribution in [0.2, 0.25) is 4.34 Å². The summed E-state index contributed by atoms with van der Waals surface area (Å²) in [5.41, 5.74) is 1.72. The van der Waals surface area contributed by atoms with Gasteiger partial charge in [0.1, 0.15) is 21.4 Å². The van der Waals surface area contributed by atoms with Crippen LogP contribution in [0.3, 0.4) is 0 Å². The Morgan fingerprint density at radius 2 is 2.20 bits per heavy atom. The zero-order valence-corrected chi connectivity index (χ0v) is 12.8. The van der Waals surface area contributed by atoms with Crippen LogP contribution in [-0.2, 0) is 6.54 Å². The molecule has 0 fully saturated rings. The highest BCUT2D eigenvalue weighted by Crippen LogP contribution is 2.28. The van der Waals surface area contributed by atoms with Crippen LogP contribution < -0.4 is 0 Å². The van der Waals surface area contributed by atoms with Crippen molar-refractivity contribution in [1.82, 2.24) is 14.5 Å². The molecule has 104 valence electrons. The molecule has 0 bridgehead atoms. The maximum absolute atomic E-state index is 6.04. The fourth-order valence-corrected chi connectivity index (χ4v) is 2.70. The molecule has 3 rings (SSSR count). The predicted octanol–water partition coefficient (Wildman–Crippen LogP) is 4.13. The van der Waals surface area contributed by atoms with Gasteiger partial charge in [-0.25, -0.2) is 0 Å². The van der Waals surface area contributed by atoms with E-state index in [1.54, 1.807) is 0 Å². The number of hydrogen-bond donors (Lipinski definition) is 0. The van der Waals surface area contributed by atoms with Crippen molar-refractivity contribution < 1.29 is 4.42 Å². The topological polar surface area (TPSA) is 42.2 Å². The van der Waals surface area contributed by atoms with E-state index in [2.05, 4.69) is 33.5 Å². The molecule has 0 unspecified atom stereocenters. The molecule has 0 spiro atoms. The van der Waals surface area contributed by atoms with E-state index in [9.17, 15) is 0 Å². The van der Waals surface area contributed by atoms with Crippen molar-refractivity contribution in [2.24, 2.45) is 0 Å². The monoisotopic (exact) mass is 307 g/mol. The molecule has 0 N–H and O–H groups in total. The first kappa shape index (κ1) is 13.5. The average Bonchev–Trinajstić information content (AvgIpc) is 3.04. The molecule has 3 aromatic rings. The standard InChI is InChI=1S/C14H14ClN3OS/c1-9(18(2)8-11-14(15)20-17-16-11)13-7-10-5-3-4-6-12(10)19-13/h3-7,9H,8H2,1-2H3/t9-/m0/s1. The minimum Gasteiger partial charge on any atom is -0.459 e. The van der Waals surface area contributed by atoms with Crippen molar-refractivity contribution in [3.8, 4) is 0 Å². The van der Waals surface area contributed by atoms with Gasteiger partial charge in [-0.1, -0.05) is 34.3 Å². The second kappa shape index (κ2) is 5.52. The summed E-state index contributed by atoms with van der Waals surface area (Å²) in [5.74, 6) is 0.938. The number of hydrogen-bond acceptors (Lipinski definition) is 5. The summed E-state index contributed by atoms with van der Waals surface area (Å²) < 4.78 is 10.4. The molecule has 0 radical (unpaired) electrons. The first-order valence-corrected chi connectivity index (χ1v) is 7.45. The highest BCUT2D eigenvalue weighted by Gasteiger charge is 2.18. The van der Waals surface area contributed by atoms with E-state index in [0.29, 0.717) is 10.9 Å². The van der Waals surface area contributed by atoms with Crippen LogP contribution >= 0.6 is 23.1 Å². The van der Waals surface area contributed by atoms with Crippen molar-refractivity contribution in [2.75, 3.05) is 7.05 Å². The second-order valence-electron chi connectivity index (χ2n) is 4.77. The smallest absolute Gasteiger partial charge is 0.138 e. The van der Waals surface area contributed by atoms with Gasteiger partial charge in [0.2, 0.25) is 0 Å². The number of nitrogens with zero attached hydrogens (tertiary/aromatic N) is 3. The summed E-state index contributed by atoms with van der Waals surface area (Å²) in [5, 5.41) is 5.16. The largest absolute Gasteiger partial charge is 0.459 e. The van der Waals surface area contributed by atoms with Gasteiger partial charge in [0.05, 0.1) is 6.04 Å². The average molecular weight is 308 g/mol. The van der Waals surface area contributed by atoms with Crippen LogP contribution in [0.1, 0.15) is 24.4 Å². The molecule has 1 atom stereocenters. The lowest BCUT2D eigenvalue weighted by atomic mass is 10.2. The Morgan fingerprint density at radius 3 is 2.90 bits per heavy atom. The second-order valence-corrected chi connectivity index (χ2v) is 6.13. The molecule has 0 aliphatic heterocycles. The number of rotatable bonds is 4. The number of fused-ring (bicyclic) bond motifs is 1. The Hall–Kier alpha value is -1.43. The number of para-hydroxylation sites is 1. The van der Waals surface area contributed by atoms with Crippen LogP contribution in [0.25, 0.3) is 11.0 Å². The van der Waals surface area contributed by atoms with E-state index >= 15 is 0 Å². The Bertz CT molecular complexity index is 691. The SMILES string of the molecule is C[C@@H](c1cc2ccccc2o1)N(C)Cc1nnsc1Cl. The molecule has 2 aromatic heterocycles.